The molecule has 5 rings (SSSR count). The molecule has 5 aromatic rings. The van der Waals surface area contributed by atoms with Crippen molar-refractivity contribution in [3.63, 3.8) is 0 Å². The van der Waals surface area contributed by atoms with E-state index in [2.05, 4.69) is 26.0 Å². The molecule has 0 spiro atoms. The first kappa shape index (κ1) is 18.7. The van der Waals surface area contributed by atoms with Gasteiger partial charge in [0.2, 0.25) is 4.96 Å². The summed E-state index contributed by atoms with van der Waals surface area (Å²) in [5.41, 5.74) is 1.50. The number of hydrogen-bond donors (Lipinski definition) is 0. The monoisotopic (exact) mass is 475 g/mol. The molecule has 0 aliphatic carbocycles. The number of rotatable bonds is 4. The number of nitrogens with zero attached hydrogens (tertiary/aromatic N) is 3. The normalized spacial score (nSPS) is 11.8. The Bertz CT molecular complexity index is 1440. The van der Waals surface area contributed by atoms with Gasteiger partial charge in [0.25, 0.3) is 5.56 Å². The van der Waals surface area contributed by atoms with Gasteiger partial charge in [0.05, 0.1) is 10.1 Å². The average Bonchev–Trinajstić information content (AvgIpc) is 3.30. The fourth-order valence-electron chi connectivity index (χ4n) is 3.01. The molecule has 7 heteroatoms. The maximum Gasteiger partial charge on any atom is 0.291 e. The quantitative estimate of drug-likeness (QED) is 0.370. The van der Waals surface area contributed by atoms with Crippen molar-refractivity contribution < 1.29 is 4.74 Å². The fraction of sp³-hybridized carbons (Fsp3) is 0. The van der Waals surface area contributed by atoms with E-state index in [0.717, 1.165) is 21.3 Å². The minimum Gasteiger partial charge on any atom is -0.457 e. The van der Waals surface area contributed by atoms with E-state index in [1.54, 1.807) is 0 Å². The van der Waals surface area contributed by atoms with Gasteiger partial charge >= 0.3 is 0 Å². The van der Waals surface area contributed by atoms with E-state index in [0.29, 0.717) is 21.1 Å². The zero-order chi connectivity index (χ0) is 20.5. The smallest absolute Gasteiger partial charge is 0.291 e. The van der Waals surface area contributed by atoms with Gasteiger partial charge in [-0.3, -0.25) is 4.79 Å². The number of hydrogen-bond acceptors (Lipinski definition) is 5. The Hall–Kier alpha value is -3.29. The topological polar surface area (TPSA) is 56.5 Å². The van der Waals surface area contributed by atoms with Crippen LogP contribution in [0.4, 0.5) is 0 Å². The Balaban J connectivity index is 1.54. The number of benzene rings is 3. The van der Waals surface area contributed by atoms with Crippen LogP contribution in [0.3, 0.4) is 0 Å². The van der Waals surface area contributed by atoms with Gasteiger partial charge in [-0.05, 0) is 48.0 Å². The highest BCUT2D eigenvalue weighted by atomic mass is 79.9. The zero-order valence-electron chi connectivity index (χ0n) is 15.5. The third-order valence-corrected chi connectivity index (χ3v) is 5.94. The minimum absolute atomic E-state index is 0.182. The number of para-hydroxylation sites is 2. The van der Waals surface area contributed by atoms with Gasteiger partial charge in [-0.1, -0.05) is 69.7 Å². The number of thiazole rings is 1. The minimum atomic E-state index is -0.182. The van der Waals surface area contributed by atoms with Crippen molar-refractivity contribution in [1.82, 2.24) is 14.6 Å². The van der Waals surface area contributed by atoms with Crippen molar-refractivity contribution in [2.45, 2.75) is 0 Å². The van der Waals surface area contributed by atoms with E-state index in [4.69, 9.17) is 4.74 Å². The first-order chi connectivity index (χ1) is 14.7. The summed E-state index contributed by atoms with van der Waals surface area (Å²) in [6.07, 6.45) is 1.85. The number of ether oxygens (including phenoxy) is 1. The number of aromatic nitrogens is 3. The summed E-state index contributed by atoms with van der Waals surface area (Å²) in [6.45, 7) is 0. The molecule has 0 unspecified atom stereocenters. The van der Waals surface area contributed by atoms with Gasteiger partial charge in [-0.15, -0.1) is 5.10 Å². The van der Waals surface area contributed by atoms with Crippen LogP contribution in [0.15, 0.2) is 88.1 Å². The molecule has 0 N–H and O–H groups in total. The first-order valence-electron chi connectivity index (χ1n) is 9.16. The van der Waals surface area contributed by atoms with Crippen molar-refractivity contribution in [3.8, 4) is 22.9 Å². The van der Waals surface area contributed by atoms with Gasteiger partial charge in [-0.25, -0.2) is 0 Å². The molecule has 146 valence electrons. The highest BCUT2D eigenvalue weighted by Gasteiger charge is 2.15. The lowest BCUT2D eigenvalue weighted by Gasteiger charge is -2.08. The van der Waals surface area contributed by atoms with Crippen LogP contribution in [0.1, 0.15) is 5.56 Å². The van der Waals surface area contributed by atoms with E-state index in [9.17, 15) is 4.79 Å². The van der Waals surface area contributed by atoms with E-state index in [-0.39, 0.29) is 5.56 Å². The van der Waals surface area contributed by atoms with Gasteiger partial charge in [0.1, 0.15) is 11.5 Å². The van der Waals surface area contributed by atoms with Gasteiger partial charge in [0.15, 0.2) is 5.82 Å². The molecule has 2 aromatic heterocycles. The molecular weight excluding hydrogens is 462 g/mol. The van der Waals surface area contributed by atoms with Gasteiger partial charge < -0.3 is 4.74 Å². The molecule has 0 saturated carbocycles. The van der Waals surface area contributed by atoms with Crippen LogP contribution in [0, 0.1) is 0 Å². The highest BCUT2D eigenvalue weighted by molar-refractivity contribution is 9.10. The van der Waals surface area contributed by atoms with Crippen LogP contribution in [0.5, 0.6) is 11.5 Å². The van der Waals surface area contributed by atoms with E-state index in [1.165, 1.54) is 15.9 Å². The summed E-state index contributed by atoms with van der Waals surface area (Å²) in [7, 11) is 0. The van der Waals surface area contributed by atoms with Crippen molar-refractivity contribution >= 4 is 38.3 Å². The van der Waals surface area contributed by atoms with Crippen LogP contribution >= 0.6 is 27.3 Å². The van der Waals surface area contributed by atoms with Crippen molar-refractivity contribution in [1.29, 1.82) is 0 Å². The Morgan fingerprint density at radius 2 is 1.67 bits per heavy atom. The van der Waals surface area contributed by atoms with Crippen molar-refractivity contribution in [2.75, 3.05) is 0 Å². The number of fused-ring (bicyclic) bond motifs is 1. The first-order valence-corrected chi connectivity index (χ1v) is 10.8. The Morgan fingerprint density at radius 1 is 0.933 bits per heavy atom. The SMILES string of the molecule is O=c1/c(=C/c2ccc(Br)cc2)sc2nc(-c3ccccc3Oc3ccccc3)nn12. The molecule has 0 amide bonds. The summed E-state index contributed by atoms with van der Waals surface area (Å²) < 4.78 is 8.94. The molecular formula is C23H14BrN3O2S. The summed E-state index contributed by atoms with van der Waals surface area (Å²) in [4.78, 5) is 18.0. The molecule has 0 fully saturated rings. The number of halogens is 1. The fourth-order valence-corrected chi connectivity index (χ4v) is 4.19. The lowest BCUT2D eigenvalue weighted by Crippen LogP contribution is -2.23. The molecule has 0 bridgehead atoms. The predicted octanol–water partition coefficient (Wildman–Crippen LogP) is 4.92. The average molecular weight is 476 g/mol. The maximum atomic E-state index is 12.8. The largest absolute Gasteiger partial charge is 0.457 e. The summed E-state index contributed by atoms with van der Waals surface area (Å²) in [5, 5.41) is 4.46. The summed E-state index contributed by atoms with van der Waals surface area (Å²) in [5.74, 6) is 1.82. The lowest BCUT2D eigenvalue weighted by molar-refractivity contribution is 0.484. The van der Waals surface area contributed by atoms with E-state index in [1.807, 2.05) is 84.9 Å². The van der Waals surface area contributed by atoms with Crippen LogP contribution in [0.2, 0.25) is 0 Å². The third kappa shape index (κ3) is 3.65. The zero-order valence-corrected chi connectivity index (χ0v) is 17.9. The third-order valence-electron chi connectivity index (χ3n) is 4.45. The van der Waals surface area contributed by atoms with Gasteiger partial charge in [0, 0.05) is 4.47 Å². The second-order valence-electron chi connectivity index (χ2n) is 6.51. The standard InChI is InChI=1S/C23H14BrN3O2S/c24-16-12-10-15(11-13-16)14-20-22(28)27-23(30-20)25-21(26-27)18-8-4-5-9-19(18)29-17-6-2-1-3-7-17/h1-14H/b20-14-. The van der Waals surface area contributed by atoms with Crippen LogP contribution < -0.4 is 14.8 Å². The van der Waals surface area contributed by atoms with E-state index < -0.39 is 0 Å². The summed E-state index contributed by atoms with van der Waals surface area (Å²) in [6, 6.07) is 24.8. The molecule has 0 atom stereocenters. The second kappa shape index (κ2) is 7.85. The van der Waals surface area contributed by atoms with E-state index >= 15 is 0 Å². The van der Waals surface area contributed by atoms with Crippen molar-refractivity contribution in [2.24, 2.45) is 0 Å². The van der Waals surface area contributed by atoms with Crippen LogP contribution in [-0.2, 0) is 0 Å². The Labute approximate surface area is 184 Å². The Morgan fingerprint density at radius 3 is 2.43 bits per heavy atom. The maximum absolute atomic E-state index is 12.8. The molecule has 2 heterocycles. The van der Waals surface area contributed by atoms with Crippen LogP contribution in [-0.4, -0.2) is 14.6 Å². The lowest BCUT2D eigenvalue weighted by atomic mass is 10.2. The van der Waals surface area contributed by atoms with Gasteiger partial charge in [-0.2, -0.15) is 9.50 Å². The Kier molecular flexibility index (Phi) is 4.90. The molecule has 5 nitrogen and oxygen atoms in total. The van der Waals surface area contributed by atoms with Crippen LogP contribution in [0.25, 0.3) is 22.4 Å². The van der Waals surface area contributed by atoms with Crippen molar-refractivity contribution in [3.05, 3.63) is 104 Å². The predicted molar refractivity (Wildman–Crippen MR) is 122 cm³/mol. The molecule has 0 saturated heterocycles. The molecule has 0 radical (unpaired) electrons. The summed E-state index contributed by atoms with van der Waals surface area (Å²) >= 11 is 4.73. The molecule has 30 heavy (non-hydrogen) atoms. The molecule has 0 aliphatic heterocycles. The molecule has 0 aliphatic rings. The molecule has 3 aromatic carbocycles. The highest BCUT2D eigenvalue weighted by Crippen LogP contribution is 2.31. The second-order valence-corrected chi connectivity index (χ2v) is 8.43.